The molecule has 0 N–H and O–H groups in total. The molecule has 116 valence electrons. The van der Waals surface area contributed by atoms with Crippen LogP contribution in [-0.4, -0.2) is 35.5 Å². The van der Waals surface area contributed by atoms with Crippen molar-refractivity contribution in [2.24, 2.45) is 4.99 Å². The predicted octanol–water partition coefficient (Wildman–Crippen LogP) is 3.03. The summed E-state index contributed by atoms with van der Waals surface area (Å²) in [5.41, 5.74) is 11.6. The minimum absolute atomic E-state index is 0.284. The van der Waals surface area contributed by atoms with E-state index in [1.54, 1.807) is 6.08 Å². The van der Waals surface area contributed by atoms with Crippen LogP contribution in [0.5, 0.6) is 0 Å². The van der Waals surface area contributed by atoms with Crippen LogP contribution in [0, 0.1) is 0 Å². The van der Waals surface area contributed by atoms with E-state index in [9.17, 15) is 0 Å². The van der Waals surface area contributed by atoms with Gasteiger partial charge < -0.3 is 15.0 Å². The Morgan fingerprint density at radius 2 is 2.00 bits per heavy atom. The Bertz CT molecular complexity index is 602. The normalized spacial score (nSPS) is 19.7. The third-order valence-corrected chi connectivity index (χ3v) is 3.35. The third kappa shape index (κ3) is 4.13. The molecular formula is C17H21N3O2. The second-order valence-corrected chi connectivity index (χ2v) is 4.86. The highest BCUT2D eigenvalue weighted by Gasteiger charge is 2.32. The van der Waals surface area contributed by atoms with Crippen LogP contribution in [0.2, 0.25) is 0 Å². The molecule has 1 aliphatic carbocycles. The van der Waals surface area contributed by atoms with Crippen molar-refractivity contribution in [2.45, 2.75) is 32.9 Å². The van der Waals surface area contributed by atoms with Crippen molar-refractivity contribution in [1.29, 1.82) is 0 Å². The van der Waals surface area contributed by atoms with E-state index in [0.29, 0.717) is 37.7 Å². The Labute approximate surface area is 130 Å². The maximum Gasteiger partial charge on any atom is 0.324 e. The predicted molar refractivity (Wildman–Crippen MR) is 85.9 cm³/mol. The molecule has 1 aromatic rings. The Balaban J connectivity index is 2.24. The van der Waals surface area contributed by atoms with Crippen molar-refractivity contribution < 1.29 is 14.3 Å². The Morgan fingerprint density at radius 3 is 2.64 bits per heavy atom. The maximum atomic E-state index is 9.14. The monoisotopic (exact) mass is 299 g/mol. The zero-order valence-corrected chi connectivity index (χ0v) is 13.0. The van der Waals surface area contributed by atoms with Crippen molar-refractivity contribution in [3.63, 3.8) is 0 Å². The second-order valence-electron chi connectivity index (χ2n) is 4.86. The smallest absolute Gasteiger partial charge is 0.324 e. The van der Waals surface area contributed by atoms with Crippen molar-refractivity contribution >= 4 is 11.4 Å². The van der Waals surface area contributed by atoms with Gasteiger partial charge in [0.25, 0.3) is 0 Å². The minimum Gasteiger partial charge on any atom is -0.492 e. The molecule has 0 heterocycles. The first-order valence-electron chi connectivity index (χ1n) is 7.54. The van der Waals surface area contributed by atoms with E-state index >= 15 is 0 Å². The summed E-state index contributed by atoms with van der Waals surface area (Å²) in [7, 11) is 0. The van der Waals surface area contributed by atoms with E-state index in [1.165, 1.54) is 0 Å². The number of hydrogen-bond donors (Lipinski definition) is 0. The van der Waals surface area contributed by atoms with Crippen molar-refractivity contribution in [2.75, 3.05) is 13.2 Å². The van der Waals surface area contributed by atoms with Gasteiger partial charge in [0, 0.05) is 13.0 Å². The molecule has 1 atom stereocenters. The van der Waals surface area contributed by atoms with Gasteiger partial charge in [0.2, 0.25) is 0 Å². The maximum absolute atomic E-state index is 9.14. The highest BCUT2D eigenvalue weighted by atomic mass is 16.5. The van der Waals surface area contributed by atoms with E-state index in [0.717, 1.165) is 11.3 Å². The Hall–Kier alpha value is -2.23. The fourth-order valence-electron chi connectivity index (χ4n) is 2.32. The summed E-state index contributed by atoms with van der Waals surface area (Å²) < 4.78 is 11.2. The molecule has 2 rings (SSSR count). The molecule has 0 saturated carbocycles. The van der Waals surface area contributed by atoms with Crippen LogP contribution in [0.25, 0.3) is 5.53 Å². The average molecular weight is 299 g/mol. The molecule has 22 heavy (non-hydrogen) atoms. The van der Waals surface area contributed by atoms with Crippen LogP contribution >= 0.6 is 0 Å². The summed E-state index contributed by atoms with van der Waals surface area (Å²) in [6, 6.07) is 10.1. The molecule has 0 fully saturated rings. The standard InChI is InChI=1S/C17H21N3O2/c1-3-21-16-11-15(20-18)17(22-4-2)10-14(16)19-12-13-8-6-5-7-9-13/h5-9,11,17H,3-4,10,12H2,1-2H3. The summed E-state index contributed by atoms with van der Waals surface area (Å²) in [5.74, 6) is 0.655. The van der Waals surface area contributed by atoms with E-state index in [2.05, 4.69) is 9.78 Å². The zero-order chi connectivity index (χ0) is 15.8. The molecule has 0 saturated heterocycles. The molecule has 1 unspecified atom stereocenters. The third-order valence-electron chi connectivity index (χ3n) is 3.35. The lowest BCUT2D eigenvalue weighted by atomic mass is 9.98. The number of aliphatic imine (C=N–C) groups is 1. The number of ether oxygens (including phenoxy) is 2. The lowest BCUT2D eigenvalue weighted by Gasteiger charge is -2.20. The van der Waals surface area contributed by atoms with Gasteiger partial charge in [0.15, 0.2) is 6.10 Å². The largest absolute Gasteiger partial charge is 0.492 e. The average Bonchev–Trinajstić information content (AvgIpc) is 2.56. The molecule has 1 aromatic carbocycles. The van der Waals surface area contributed by atoms with Crippen LogP contribution in [0.4, 0.5) is 0 Å². The van der Waals surface area contributed by atoms with Crippen molar-refractivity contribution in [3.8, 4) is 0 Å². The van der Waals surface area contributed by atoms with Gasteiger partial charge in [-0.15, -0.1) is 0 Å². The summed E-state index contributed by atoms with van der Waals surface area (Å²) in [6.07, 6.45) is 1.97. The van der Waals surface area contributed by atoms with E-state index in [4.69, 9.17) is 15.0 Å². The van der Waals surface area contributed by atoms with Gasteiger partial charge in [-0.1, -0.05) is 30.3 Å². The van der Waals surface area contributed by atoms with Gasteiger partial charge in [-0.2, -0.15) is 4.79 Å². The summed E-state index contributed by atoms with van der Waals surface area (Å²) in [4.78, 5) is 7.97. The van der Waals surface area contributed by atoms with Crippen LogP contribution < -0.4 is 0 Å². The van der Waals surface area contributed by atoms with Gasteiger partial charge in [-0.05, 0) is 19.4 Å². The molecule has 0 aromatic heterocycles. The number of allylic oxidation sites excluding steroid dienone is 1. The van der Waals surface area contributed by atoms with Gasteiger partial charge in [0.05, 0.1) is 24.9 Å². The van der Waals surface area contributed by atoms with E-state index < -0.39 is 0 Å². The first kappa shape index (κ1) is 16.1. The Morgan fingerprint density at radius 1 is 1.23 bits per heavy atom. The fraction of sp³-hybridized carbons (Fsp3) is 0.412. The SMILES string of the molecule is CCOC1=CC(=[N+]=[N-])C(OCC)CC1=NCc1ccccc1. The minimum atomic E-state index is -0.284. The molecule has 0 bridgehead atoms. The Kier molecular flexibility index (Phi) is 6.07. The summed E-state index contributed by atoms with van der Waals surface area (Å²) >= 11 is 0. The van der Waals surface area contributed by atoms with Crippen LogP contribution in [-0.2, 0) is 16.0 Å². The molecule has 5 heteroatoms. The lowest BCUT2D eigenvalue weighted by Crippen LogP contribution is -2.33. The zero-order valence-electron chi connectivity index (χ0n) is 13.0. The highest BCUT2D eigenvalue weighted by Crippen LogP contribution is 2.18. The summed E-state index contributed by atoms with van der Waals surface area (Å²) in [5, 5.41) is 0. The molecule has 0 aliphatic heterocycles. The van der Waals surface area contributed by atoms with Crippen molar-refractivity contribution in [3.05, 3.63) is 53.3 Å². The molecule has 1 aliphatic rings. The van der Waals surface area contributed by atoms with Gasteiger partial charge in [-0.3, -0.25) is 4.99 Å². The number of benzene rings is 1. The van der Waals surface area contributed by atoms with Gasteiger partial charge >= 0.3 is 5.71 Å². The summed E-state index contributed by atoms with van der Waals surface area (Å²) in [6.45, 7) is 5.50. The fourth-order valence-corrected chi connectivity index (χ4v) is 2.32. The lowest BCUT2D eigenvalue weighted by molar-refractivity contribution is -0.0271. The first-order valence-corrected chi connectivity index (χ1v) is 7.54. The van der Waals surface area contributed by atoms with Gasteiger partial charge in [0.1, 0.15) is 5.76 Å². The number of hydrogen-bond acceptors (Lipinski definition) is 3. The molecule has 0 spiro atoms. The second kappa shape index (κ2) is 8.27. The van der Waals surface area contributed by atoms with Gasteiger partial charge in [-0.25, -0.2) is 0 Å². The molecular weight excluding hydrogens is 278 g/mol. The number of rotatable bonds is 6. The van der Waals surface area contributed by atoms with E-state index in [-0.39, 0.29) is 6.10 Å². The van der Waals surface area contributed by atoms with Crippen LogP contribution in [0.3, 0.4) is 0 Å². The van der Waals surface area contributed by atoms with Crippen LogP contribution in [0.1, 0.15) is 25.8 Å². The highest BCUT2D eigenvalue weighted by molar-refractivity contribution is 6.11. The topological polar surface area (TPSA) is 67.2 Å². The van der Waals surface area contributed by atoms with Crippen molar-refractivity contribution in [1.82, 2.24) is 0 Å². The quantitative estimate of drug-likeness (QED) is 0.598. The van der Waals surface area contributed by atoms with Crippen LogP contribution in [0.15, 0.2) is 47.2 Å². The molecule has 0 radical (unpaired) electrons. The molecule has 0 amide bonds. The molecule has 5 nitrogen and oxygen atoms in total. The first-order chi connectivity index (χ1) is 10.8. The van der Waals surface area contributed by atoms with E-state index in [1.807, 2.05) is 44.2 Å². The number of nitrogens with zero attached hydrogens (tertiary/aromatic N) is 3.